The van der Waals surface area contributed by atoms with Crippen molar-refractivity contribution >= 4 is 5.97 Å². The number of hydrogen-bond donors (Lipinski definition) is 0. The quantitative estimate of drug-likeness (QED) is 0.422. The minimum atomic E-state index is -0.647. The summed E-state index contributed by atoms with van der Waals surface area (Å²) in [6, 6.07) is 17.9. The van der Waals surface area contributed by atoms with Crippen LogP contribution in [0.15, 0.2) is 76.4 Å². The van der Waals surface area contributed by atoms with E-state index in [-0.39, 0.29) is 17.9 Å². The number of aromatic nitrogens is 4. The van der Waals surface area contributed by atoms with Crippen molar-refractivity contribution in [2.24, 2.45) is 14.1 Å². The molecule has 4 aromatic rings. The highest BCUT2D eigenvalue weighted by Crippen LogP contribution is 2.32. The Kier molecular flexibility index (Phi) is 5.95. The standard InChI is InChI=1S/C24H22N4O5/c1-26-17(13-21(29)27(2)24(26)31)15-33-23(30)19-14-28(16-9-5-4-6-10-16)25-22(19)18-11-7-8-12-20(18)32-3/h4-14H,15H2,1-3H3. The van der Waals surface area contributed by atoms with E-state index in [9.17, 15) is 14.4 Å². The summed E-state index contributed by atoms with van der Waals surface area (Å²) < 4.78 is 14.8. The van der Waals surface area contributed by atoms with Gasteiger partial charge in [0.05, 0.1) is 18.5 Å². The number of esters is 1. The molecule has 0 atom stereocenters. The molecule has 9 nitrogen and oxygen atoms in total. The van der Waals surface area contributed by atoms with Crippen LogP contribution in [0, 0.1) is 0 Å². The maximum Gasteiger partial charge on any atom is 0.342 e. The molecule has 0 bridgehead atoms. The molecule has 2 aromatic heterocycles. The third kappa shape index (κ3) is 4.20. The van der Waals surface area contributed by atoms with E-state index < -0.39 is 17.2 Å². The fourth-order valence-electron chi connectivity index (χ4n) is 3.41. The Hall–Kier alpha value is -4.40. The molecule has 0 amide bonds. The highest BCUT2D eigenvalue weighted by molar-refractivity contribution is 5.97. The lowest BCUT2D eigenvalue weighted by Gasteiger charge is -2.10. The zero-order valence-electron chi connectivity index (χ0n) is 18.4. The van der Waals surface area contributed by atoms with Crippen LogP contribution in [0.25, 0.3) is 16.9 Å². The molecule has 0 saturated carbocycles. The Morgan fingerprint density at radius 1 is 0.970 bits per heavy atom. The summed E-state index contributed by atoms with van der Waals surface area (Å²) in [5.74, 6) is -0.0926. The molecule has 2 aromatic carbocycles. The van der Waals surface area contributed by atoms with Crippen molar-refractivity contribution < 1.29 is 14.3 Å². The van der Waals surface area contributed by atoms with Gasteiger partial charge in [0.1, 0.15) is 23.6 Å². The van der Waals surface area contributed by atoms with Crippen molar-refractivity contribution in [3.05, 3.63) is 99.0 Å². The lowest BCUT2D eigenvalue weighted by atomic mass is 10.1. The molecule has 0 aliphatic carbocycles. The summed E-state index contributed by atoms with van der Waals surface area (Å²) in [7, 11) is 4.44. The summed E-state index contributed by atoms with van der Waals surface area (Å²) in [5.41, 5.74) is 1.31. The molecule has 168 valence electrons. The van der Waals surface area contributed by atoms with E-state index in [2.05, 4.69) is 5.10 Å². The first-order chi connectivity index (χ1) is 15.9. The smallest absolute Gasteiger partial charge is 0.342 e. The van der Waals surface area contributed by atoms with Crippen LogP contribution in [0.3, 0.4) is 0 Å². The van der Waals surface area contributed by atoms with Crippen LogP contribution in [0.1, 0.15) is 16.1 Å². The van der Waals surface area contributed by atoms with Gasteiger partial charge in [-0.05, 0) is 24.3 Å². The molecule has 4 rings (SSSR count). The number of benzene rings is 2. The van der Waals surface area contributed by atoms with Crippen molar-refractivity contribution in [3.8, 4) is 22.7 Å². The SMILES string of the molecule is COc1ccccc1-c1nn(-c2ccccc2)cc1C(=O)OCc1cc(=O)n(C)c(=O)n1C. The van der Waals surface area contributed by atoms with E-state index in [1.807, 2.05) is 42.5 Å². The van der Waals surface area contributed by atoms with Crippen LogP contribution < -0.4 is 16.0 Å². The minimum absolute atomic E-state index is 0.220. The topological polar surface area (TPSA) is 97.4 Å². The van der Waals surface area contributed by atoms with Gasteiger partial charge >= 0.3 is 11.7 Å². The number of nitrogens with zero attached hydrogens (tertiary/aromatic N) is 4. The van der Waals surface area contributed by atoms with Gasteiger partial charge in [0.25, 0.3) is 5.56 Å². The number of carbonyl (C=O) groups excluding carboxylic acids is 1. The van der Waals surface area contributed by atoms with Crippen LogP contribution >= 0.6 is 0 Å². The Bertz CT molecular complexity index is 1430. The first-order valence-corrected chi connectivity index (χ1v) is 10.1. The van der Waals surface area contributed by atoms with E-state index in [0.29, 0.717) is 17.0 Å². The van der Waals surface area contributed by atoms with Gasteiger partial charge < -0.3 is 9.47 Å². The molecule has 0 radical (unpaired) electrons. The third-order valence-corrected chi connectivity index (χ3v) is 5.29. The maximum absolute atomic E-state index is 13.1. The first-order valence-electron chi connectivity index (χ1n) is 10.1. The van der Waals surface area contributed by atoms with Gasteiger partial charge in [-0.15, -0.1) is 0 Å². The summed E-state index contributed by atoms with van der Waals surface area (Å²) in [5, 5.41) is 4.62. The minimum Gasteiger partial charge on any atom is -0.496 e. The van der Waals surface area contributed by atoms with Crippen LogP contribution in [0.4, 0.5) is 0 Å². The predicted molar refractivity (Wildman–Crippen MR) is 122 cm³/mol. The zero-order chi connectivity index (χ0) is 23.5. The Labute approximate surface area is 189 Å². The molecular formula is C24H22N4O5. The number of ether oxygens (including phenoxy) is 2. The highest BCUT2D eigenvalue weighted by atomic mass is 16.5. The van der Waals surface area contributed by atoms with Crippen molar-refractivity contribution in [1.82, 2.24) is 18.9 Å². The van der Waals surface area contributed by atoms with Gasteiger partial charge in [0, 0.05) is 31.9 Å². The lowest BCUT2D eigenvalue weighted by Crippen LogP contribution is -2.38. The number of hydrogen-bond acceptors (Lipinski definition) is 6. The van der Waals surface area contributed by atoms with Gasteiger partial charge in [-0.25, -0.2) is 14.3 Å². The second-order valence-electron chi connectivity index (χ2n) is 7.32. The van der Waals surface area contributed by atoms with Gasteiger partial charge in [-0.1, -0.05) is 30.3 Å². The summed E-state index contributed by atoms with van der Waals surface area (Å²) in [4.78, 5) is 37.2. The van der Waals surface area contributed by atoms with E-state index in [4.69, 9.17) is 9.47 Å². The number of para-hydroxylation sites is 2. The van der Waals surface area contributed by atoms with Crippen LogP contribution in [0.2, 0.25) is 0 Å². The van der Waals surface area contributed by atoms with E-state index in [1.165, 1.54) is 24.7 Å². The summed E-state index contributed by atoms with van der Waals surface area (Å²) >= 11 is 0. The van der Waals surface area contributed by atoms with E-state index >= 15 is 0 Å². The predicted octanol–water partition coefficient (Wildman–Crippen LogP) is 2.30. The summed E-state index contributed by atoms with van der Waals surface area (Å²) in [6.07, 6.45) is 1.59. The lowest BCUT2D eigenvalue weighted by molar-refractivity contribution is 0.0463. The molecule has 33 heavy (non-hydrogen) atoms. The van der Waals surface area contributed by atoms with Crippen molar-refractivity contribution in [2.75, 3.05) is 7.11 Å². The normalized spacial score (nSPS) is 10.8. The van der Waals surface area contributed by atoms with E-state index in [1.54, 1.807) is 30.1 Å². The maximum atomic E-state index is 13.1. The second-order valence-corrected chi connectivity index (χ2v) is 7.32. The average Bonchev–Trinajstić information content (AvgIpc) is 3.30. The van der Waals surface area contributed by atoms with Crippen LogP contribution in [0.5, 0.6) is 5.75 Å². The van der Waals surface area contributed by atoms with Crippen molar-refractivity contribution in [3.63, 3.8) is 0 Å². The fourth-order valence-corrected chi connectivity index (χ4v) is 3.41. The molecule has 0 spiro atoms. The second kappa shape index (κ2) is 8.99. The average molecular weight is 446 g/mol. The molecular weight excluding hydrogens is 424 g/mol. The van der Waals surface area contributed by atoms with Gasteiger partial charge in [0.15, 0.2) is 0 Å². The molecule has 0 fully saturated rings. The molecule has 0 unspecified atom stereocenters. The highest BCUT2D eigenvalue weighted by Gasteiger charge is 2.22. The van der Waals surface area contributed by atoms with Gasteiger partial charge in [-0.2, -0.15) is 5.10 Å². The van der Waals surface area contributed by atoms with Crippen molar-refractivity contribution in [1.29, 1.82) is 0 Å². The molecule has 0 saturated heterocycles. The Morgan fingerprint density at radius 2 is 1.67 bits per heavy atom. The number of methoxy groups -OCH3 is 1. The van der Waals surface area contributed by atoms with Gasteiger partial charge in [0.2, 0.25) is 0 Å². The monoisotopic (exact) mass is 446 g/mol. The van der Waals surface area contributed by atoms with Crippen molar-refractivity contribution in [2.45, 2.75) is 6.61 Å². The Balaban J connectivity index is 1.73. The number of rotatable bonds is 6. The van der Waals surface area contributed by atoms with Gasteiger partial charge in [-0.3, -0.25) is 13.9 Å². The molecule has 0 aliphatic heterocycles. The first kappa shape index (κ1) is 21.8. The fraction of sp³-hybridized carbons (Fsp3) is 0.167. The number of carbonyl (C=O) groups is 1. The largest absolute Gasteiger partial charge is 0.496 e. The molecule has 0 aliphatic rings. The molecule has 9 heteroatoms. The van der Waals surface area contributed by atoms with Crippen LogP contribution in [-0.2, 0) is 25.4 Å². The zero-order valence-corrected chi connectivity index (χ0v) is 18.4. The Morgan fingerprint density at radius 3 is 2.39 bits per heavy atom. The summed E-state index contributed by atoms with van der Waals surface area (Å²) in [6.45, 7) is -0.247. The third-order valence-electron chi connectivity index (χ3n) is 5.29. The molecule has 0 N–H and O–H groups in total. The molecule has 2 heterocycles. The van der Waals surface area contributed by atoms with E-state index in [0.717, 1.165) is 10.3 Å². The van der Waals surface area contributed by atoms with Crippen LogP contribution in [-0.4, -0.2) is 32.0 Å².